The molecule has 0 heterocycles. The molecule has 0 saturated heterocycles. The molecular formula is C21H29O7P. The van der Waals surface area contributed by atoms with Crippen LogP contribution in [-0.2, 0) is 14.3 Å². The first-order valence-electron chi connectivity index (χ1n) is 8.58. The lowest BCUT2D eigenvalue weighted by Crippen LogP contribution is -2.12. The fourth-order valence-electron chi connectivity index (χ4n) is 1.74. The van der Waals surface area contributed by atoms with E-state index in [1.54, 1.807) is 30.3 Å². The Balaban J connectivity index is 0. The maximum absolute atomic E-state index is 12.2. The van der Waals surface area contributed by atoms with Crippen LogP contribution in [0.5, 0.6) is 11.5 Å². The predicted molar refractivity (Wildman–Crippen MR) is 116 cm³/mol. The molecule has 0 radical (unpaired) electrons. The van der Waals surface area contributed by atoms with Gasteiger partial charge in [-0.2, -0.15) is 9.90 Å². The van der Waals surface area contributed by atoms with E-state index in [0.29, 0.717) is 5.56 Å². The van der Waals surface area contributed by atoms with E-state index < -0.39 is 6.16 Å². The molecule has 0 aliphatic rings. The maximum atomic E-state index is 12.2. The SMILES string of the molecule is CC.CC(C)=O.COCOC(=O)Oc1ccc(C(=O)c2ccccc2)c(O)c1.P. The smallest absolute Gasteiger partial charge is 0.507 e. The minimum atomic E-state index is -0.969. The Morgan fingerprint density at radius 2 is 1.52 bits per heavy atom. The number of ether oxygens (including phenoxy) is 3. The fraction of sp³-hybridized carbons (Fsp3) is 0.286. The van der Waals surface area contributed by atoms with E-state index >= 15 is 0 Å². The Morgan fingerprint density at radius 3 is 2.00 bits per heavy atom. The van der Waals surface area contributed by atoms with Crippen molar-refractivity contribution >= 4 is 27.6 Å². The van der Waals surface area contributed by atoms with Crippen LogP contribution in [0.25, 0.3) is 0 Å². The van der Waals surface area contributed by atoms with E-state index in [2.05, 4.69) is 9.47 Å². The standard InChI is InChI=1S/C16H14O6.C3H6O.C2H6.H3P/c1-20-10-21-16(19)22-12-7-8-13(14(17)9-12)15(18)11-5-3-2-4-6-11;1-3(2)4;1-2;/h2-9,17H,10H2,1H3;1-2H3;1-2H3;1H3. The summed E-state index contributed by atoms with van der Waals surface area (Å²) in [6.45, 7) is 6.81. The van der Waals surface area contributed by atoms with Crippen molar-refractivity contribution in [2.75, 3.05) is 13.9 Å². The summed E-state index contributed by atoms with van der Waals surface area (Å²) in [4.78, 5) is 32.9. The average Bonchev–Trinajstić information content (AvgIpc) is 2.68. The van der Waals surface area contributed by atoms with Crippen LogP contribution in [0.4, 0.5) is 4.79 Å². The minimum absolute atomic E-state index is 0. The van der Waals surface area contributed by atoms with Gasteiger partial charge < -0.3 is 24.1 Å². The summed E-state index contributed by atoms with van der Waals surface area (Å²) in [5.41, 5.74) is 0.565. The van der Waals surface area contributed by atoms with Gasteiger partial charge in [0, 0.05) is 18.7 Å². The molecule has 0 saturated carbocycles. The first-order chi connectivity index (χ1) is 13.3. The lowest BCUT2D eigenvalue weighted by molar-refractivity contribution is -0.115. The van der Waals surface area contributed by atoms with E-state index in [-0.39, 0.29) is 45.3 Å². The van der Waals surface area contributed by atoms with Gasteiger partial charge in [0.15, 0.2) is 12.6 Å². The molecule has 0 aromatic heterocycles. The largest absolute Gasteiger partial charge is 0.515 e. The van der Waals surface area contributed by atoms with E-state index in [4.69, 9.17) is 4.74 Å². The van der Waals surface area contributed by atoms with Crippen molar-refractivity contribution in [1.82, 2.24) is 0 Å². The third kappa shape index (κ3) is 11.6. The highest BCUT2D eigenvalue weighted by Crippen LogP contribution is 2.26. The highest BCUT2D eigenvalue weighted by molar-refractivity contribution is 6.92. The second-order valence-corrected chi connectivity index (χ2v) is 5.19. The molecule has 2 aromatic rings. The number of hydrogen-bond donors (Lipinski definition) is 1. The normalized spacial score (nSPS) is 8.72. The van der Waals surface area contributed by atoms with Crippen molar-refractivity contribution in [1.29, 1.82) is 0 Å². The second kappa shape index (κ2) is 16.2. The summed E-state index contributed by atoms with van der Waals surface area (Å²) < 4.78 is 13.9. The van der Waals surface area contributed by atoms with Crippen LogP contribution in [0.2, 0.25) is 0 Å². The lowest BCUT2D eigenvalue weighted by atomic mass is 10.0. The highest BCUT2D eigenvalue weighted by Gasteiger charge is 2.15. The highest BCUT2D eigenvalue weighted by atomic mass is 31.0. The molecule has 160 valence electrons. The molecule has 8 heteroatoms. The van der Waals surface area contributed by atoms with Crippen molar-refractivity contribution in [2.45, 2.75) is 27.7 Å². The molecule has 0 aliphatic carbocycles. The molecule has 0 aliphatic heterocycles. The van der Waals surface area contributed by atoms with Gasteiger partial charge in [0.25, 0.3) is 0 Å². The molecule has 1 atom stereocenters. The number of aromatic hydroxyl groups is 1. The first kappa shape index (κ1) is 28.4. The van der Waals surface area contributed by atoms with Crippen LogP contribution >= 0.6 is 9.90 Å². The number of benzene rings is 2. The van der Waals surface area contributed by atoms with Gasteiger partial charge in [-0.25, -0.2) is 4.79 Å². The summed E-state index contributed by atoms with van der Waals surface area (Å²) in [7, 11) is 1.36. The van der Waals surface area contributed by atoms with Crippen LogP contribution < -0.4 is 4.74 Å². The third-order valence-corrected chi connectivity index (χ3v) is 2.75. The molecule has 1 N–H and O–H groups in total. The average molecular weight is 424 g/mol. The number of phenolic OH excluding ortho intramolecular Hbond substituents is 1. The van der Waals surface area contributed by atoms with Gasteiger partial charge in [-0.3, -0.25) is 4.79 Å². The fourth-order valence-corrected chi connectivity index (χ4v) is 1.74. The Bertz CT molecular complexity index is 757. The zero-order valence-electron chi connectivity index (χ0n) is 17.4. The molecule has 2 aromatic carbocycles. The van der Waals surface area contributed by atoms with Crippen molar-refractivity contribution in [3.8, 4) is 11.5 Å². The molecule has 2 rings (SSSR count). The van der Waals surface area contributed by atoms with Gasteiger partial charge in [-0.1, -0.05) is 44.2 Å². The van der Waals surface area contributed by atoms with Crippen LogP contribution in [0, 0.1) is 0 Å². The van der Waals surface area contributed by atoms with Crippen molar-refractivity contribution < 1.29 is 33.7 Å². The first-order valence-corrected chi connectivity index (χ1v) is 8.58. The maximum Gasteiger partial charge on any atom is 0.515 e. The van der Waals surface area contributed by atoms with Crippen LogP contribution in [0.15, 0.2) is 48.5 Å². The Morgan fingerprint density at radius 1 is 0.966 bits per heavy atom. The number of carbonyl (C=O) groups is 3. The number of phenols is 1. The van der Waals surface area contributed by atoms with E-state index in [0.717, 1.165) is 0 Å². The topological polar surface area (TPSA) is 99.1 Å². The molecule has 1 unspecified atom stereocenters. The molecule has 0 fully saturated rings. The third-order valence-electron chi connectivity index (χ3n) is 2.75. The summed E-state index contributed by atoms with van der Waals surface area (Å²) in [6.07, 6.45) is -0.969. The number of ketones is 2. The number of hydrogen-bond acceptors (Lipinski definition) is 7. The predicted octanol–water partition coefficient (Wildman–Crippen LogP) is 4.42. The Kier molecular flexibility index (Phi) is 15.9. The number of Topliss-reactive ketones (excluding diaryl/α,β-unsaturated/α-hetero) is 1. The zero-order valence-corrected chi connectivity index (χ0v) is 18.8. The molecule has 0 amide bonds. The molecule has 7 nitrogen and oxygen atoms in total. The van der Waals surface area contributed by atoms with Crippen LogP contribution in [-0.4, -0.2) is 36.7 Å². The van der Waals surface area contributed by atoms with E-state index in [1.165, 1.54) is 39.2 Å². The Hall–Kier alpha value is -2.76. The van der Waals surface area contributed by atoms with Crippen molar-refractivity contribution in [2.24, 2.45) is 0 Å². The minimum Gasteiger partial charge on any atom is -0.507 e. The van der Waals surface area contributed by atoms with Crippen molar-refractivity contribution in [3.05, 3.63) is 59.7 Å². The molecule has 0 bridgehead atoms. The second-order valence-electron chi connectivity index (χ2n) is 5.19. The van der Waals surface area contributed by atoms with E-state index in [1.807, 2.05) is 13.8 Å². The zero-order chi connectivity index (χ0) is 21.5. The Labute approximate surface area is 174 Å². The lowest BCUT2D eigenvalue weighted by Gasteiger charge is -2.08. The van der Waals surface area contributed by atoms with Gasteiger partial charge in [-0.05, 0) is 26.0 Å². The molecule has 29 heavy (non-hydrogen) atoms. The molecular weight excluding hydrogens is 395 g/mol. The molecule has 0 spiro atoms. The van der Waals surface area contributed by atoms with Crippen LogP contribution in [0.1, 0.15) is 43.6 Å². The summed E-state index contributed by atoms with van der Waals surface area (Å²) >= 11 is 0. The quantitative estimate of drug-likeness (QED) is 0.249. The van der Waals surface area contributed by atoms with Gasteiger partial charge in [0.05, 0.1) is 5.56 Å². The summed E-state index contributed by atoms with van der Waals surface area (Å²) in [6, 6.07) is 12.5. The summed E-state index contributed by atoms with van der Waals surface area (Å²) in [5.74, 6) is -0.388. The van der Waals surface area contributed by atoms with Crippen molar-refractivity contribution in [3.63, 3.8) is 0 Å². The number of carbonyl (C=O) groups excluding carboxylic acids is 3. The van der Waals surface area contributed by atoms with Gasteiger partial charge in [-0.15, -0.1) is 0 Å². The van der Waals surface area contributed by atoms with Gasteiger partial charge in [0.1, 0.15) is 17.3 Å². The van der Waals surface area contributed by atoms with Gasteiger partial charge in [0.2, 0.25) is 0 Å². The summed E-state index contributed by atoms with van der Waals surface area (Å²) in [5, 5.41) is 9.93. The van der Waals surface area contributed by atoms with E-state index in [9.17, 15) is 19.5 Å². The van der Waals surface area contributed by atoms with Gasteiger partial charge >= 0.3 is 6.16 Å². The van der Waals surface area contributed by atoms with Crippen LogP contribution in [0.3, 0.4) is 0 Å². The number of rotatable bonds is 5. The number of methoxy groups -OCH3 is 1. The monoisotopic (exact) mass is 424 g/mol.